The van der Waals surface area contributed by atoms with E-state index in [1.807, 2.05) is 0 Å². The predicted molar refractivity (Wildman–Crippen MR) is 84.2 cm³/mol. The molecule has 3 rings (SSSR count). The molecule has 3 unspecified atom stereocenters. The molecule has 0 radical (unpaired) electrons. The van der Waals surface area contributed by atoms with Crippen molar-refractivity contribution in [1.29, 1.82) is 0 Å². The normalized spacial score (nSPS) is 29.2. The van der Waals surface area contributed by atoms with Crippen molar-refractivity contribution >= 4 is 15.9 Å². The van der Waals surface area contributed by atoms with E-state index in [9.17, 15) is 4.39 Å². The van der Waals surface area contributed by atoms with Crippen molar-refractivity contribution < 1.29 is 4.39 Å². The lowest BCUT2D eigenvalue weighted by Crippen LogP contribution is -2.38. The first-order valence-corrected chi connectivity index (χ1v) is 8.63. The maximum atomic E-state index is 13.5. The lowest BCUT2D eigenvalue weighted by atomic mass is 9.89. The molecule has 1 N–H and O–H groups in total. The van der Waals surface area contributed by atoms with E-state index in [2.05, 4.69) is 34.2 Å². The second kappa shape index (κ2) is 6.15. The first kappa shape index (κ1) is 14.5. The van der Waals surface area contributed by atoms with Crippen molar-refractivity contribution in [2.24, 2.45) is 17.8 Å². The monoisotopic (exact) mass is 339 g/mol. The fourth-order valence-corrected chi connectivity index (χ4v) is 4.32. The van der Waals surface area contributed by atoms with E-state index in [0.717, 1.165) is 47.2 Å². The SMILES string of the molecule is CCCNC(Cc1cc(F)cc(Br)c1)C1CC2CC2C1. The zero-order valence-corrected chi connectivity index (χ0v) is 13.6. The molecule has 0 saturated heterocycles. The van der Waals surface area contributed by atoms with Crippen molar-refractivity contribution in [2.75, 3.05) is 6.54 Å². The summed E-state index contributed by atoms with van der Waals surface area (Å²) in [7, 11) is 0. The first-order valence-electron chi connectivity index (χ1n) is 7.84. The minimum Gasteiger partial charge on any atom is -0.313 e. The fraction of sp³-hybridized carbons (Fsp3) is 0.647. The van der Waals surface area contributed by atoms with Gasteiger partial charge in [0.1, 0.15) is 5.82 Å². The predicted octanol–water partition coefficient (Wildman–Crippen LogP) is 4.55. The molecule has 0 amide bonds. The molecular formula is C17H23BrFN. The molecule has 20 heavy (non-hydrogen) atoms. The third-order valence-corrected chi connectivity index (χ3v) is 5.34. The summed E-state index contributed by atoms with van der Waals surface area (Å²) in [6, 6.07) is 5.78. The van der Waals surface area contributed by atoms with Gasteiger partial charge in [-0.05, 0) is 80.2 Å². The fourth-order valence-electron chi connectivity index (χ4n) is 3.81. The molecule has 0 spiro atoms. The van der Waals surface area contributed by atoms with Gasteiger partial charge in [-0.25, -0.2) is 4.39 Å². The lowest BCUT2D eigenvalue weighted by Gasteiger charge is -2.26. The van der Waals surface area contributed by atoms with Crippen LogP contribution in [0.25, 0.3) is 0 Å². The van der Waals surface area contributed by atoms with Crippen LogP contribution < -0.4 is 5.32 Å². The molecule has 1 aromatic carbocycles. The van der Waals surface area contributed by atoms with Gasteiger partial charge in [-0.2, -0.15) is 0 Å². The highest BCUT2D eigenvalue weighted by molar-refractivity contribution is 9.10. The van der Waals surface area contributed by atoms with Crippen LogP contribution in [0.15, 0.2) is 22.7 Å². The van der Waals surface area contributed by atoms with E-state index < -0.39 is 0 Å². The Labute approximate surface area is 129 Å². The van der Waals surface area contributed by atoms with Gasteiger partial charge >= 0.3 is 0 Å². The minimum atomic E-state index is -0.141. The highest BCUT2D eigenvalue weighted by Crippen LogP contribution is 2.55. The average molecular weight is 340 g/mol. The van der Waals surface area contributed by atoms with Crippen LogP contribution in [0.4, 0.5) is 4.39 Å². The van der Waals surface area contributed by atoms with Gasteiger partial charge in [-0.3, -0.25) is 0 Å². The molecule has 3 heteroatoms. The van der Waals surface area contributed by atoms with Gasteiger partial charge in [0.2, 0.25) is 0 Å². The Balaban J connectivity index is 1.68. The molecule has 2 fully saturated rings. The zero-order chi connectivity index (χ0) is 14.1. The van der Waals surface area contributed by atoms with Crippen LogP contribution in [-0.2, 0) is 6.42 Å². The summed E-state index contributed by atoms with van der Waals surface area (Å²) in [6.07, 6.45) is 6.32. The summed E-state index contributed by atoms with van der Waals surface area (Å²) in [5.74, 6) is 2.65. The number of rotatable bonds is 6. The number of fused-ring (bicyclic) bond motifs is 1. The molecule has 0 bridgehead atoms. The van der Waals surface area contributed by atoms with Crippen LogP contribution in [-0.4, -0.2) is 12.6 Å². The summed E-state index contributed by atoms with van der Waals surface area (Å²) in [5.41, 5.74) is 1.10. The van der Waals surface area contributed by atoms with Crippen molar-refractivity contribution in [3.05, 3.63) is 34.1 Å². The quantitative estimate of drug-likeness (QED) is 0.801. The summed E-state index contributed by atoms with van der Waals surface area (Å²) in [6.45, 7) is 3.27. The third-order valence-electron chi connectivity index (χ3n) is 4.88. The standard InChI is InChI=1S/C17H23BrFN/c1-2-3-20-17(14-8-12-7-13(12)9-14)6-11-4-15(18)10-16(19)5-11/h4-5,10,12-14,17,20H,2-3,6-9H2,1H3. The number of hydrogen-bond acceptors (Lipinski definition) is 1. The van der Waals surface area contributed by atoms with Gasteiger partial charge in [-0.15, -0.1) is 0 Å². The number of halogens is 2. The molecule has 110 valence electrons. The van der Waals surface area contributed by atoms with E-state index in [1.165, 1.54) is 25.3 Å². The topological polar surface area (TPSA) is 12.0 Å². The van der Waals surface area contributed by atoms with Crippen LogP contribution >= 0.6 is 15.9 Å². The Kier molecular flexibility index (Phi) is 4.46. The van der Waals surface area contributed by atoms with Gasteiger partial charge in [0.25, 0.3) is 0 Å². The Hall–Kier alpha value is -0.410. The van der Waals surface area contributed by atoms with Crippen molar-refractivity contribution in [3.63, 3.8) is 0 Å². The van der Waals surface area contributed by atoms with Crippen LogP contribution in [0.1, 0.15) is 38.2 Å². The summed E-state index contributed by atoms with van der Waals surface area (Å²) in [4.78, 5) is 0. The number of benzene rings is 1. The maximum Gasteiger partial charge on any atom is 0.124 e. The molecule has 2 aliphatic rings. The van der Waals surface area contributed by atoms with E-state index >= 15 is 0 Å². The van der Waals surface area contributed by atoms with E-state index in [4.69, 9.17) is 0 Å². The molecule has 0 aliphatic heterocycles. The van der Waals surface area contributed by atoms with Crippen LogP contribution in [0.2, 0.25) is 0 Å². The van der Waals surface area contributed by atoms with Crippen LogP contribution in [0.5, 0.6) is 0 Å². The second-order valence-electron chi connectivity index (χ2n) is 6.53. The summed E-state index contributed by atoms with van der Waals surface area (Å²) < 4.78 is 14.4. The Morgan fingerprint density at radius 2 is 2.00 bits per heavy atom. The third kappa shape index (κ3) is 3.43. The number of nitrogens with one attached hydrogen (secondary N) is 1. The molecule has 1 aromatic rings. The lowest BCUT2D eigenvalue weighted by molar-refractivity contribution is 0.332. The zero-order valence-electron chi connectivity index (χ0n) is 12.0. The van der Waals surface area contributed by atoms with Gasteiger partial charge in [0.05, 0.1) is 0 Å². The van der Waals surface area contributed by atoms with Gasteiger partial charge < -0.3 is 5.32 Å². The van der Waals surface area contributed by atoms with Crippen LogP contribution in [0, 0.1) is 23.6 Å². The Morgan fingerprint density at radius 3 is 2.65 bits per heavy atom. The molecule has 3 atom stereocenters. The summed E-state index contributed by atoms with van der Waals surface area (Å²) in [5, 5.41) is 3.70. The number of hydrogen-bond donors (Lipinski definition) is 1. The van der Waals surface area contributed by atoms with Crippen molar-refractivity contribution in [3.8, 4) is 0 Å². The molecule has 2 saturated carbocycles. The van der Waals surface area contributed by atoms with Crippen molar-refractivity contribution in [2.45, 2.75) is 45.1 Å². The van der Waals surface area contributed by atoms with E-state index in [-0.39, 0.29) is 5.82 Å². The van der Waals surface area contributed by atoms with Crippen molar-refractivity contribution in [1.82, 2.24) is 5.32 Å². The molecule has 1 nitrogen and oxygen atoms in total. The van der Waals surface area contributed by atoms with E-state index in [1.54, 1.807) is 6.07 Å². The van der Waals surface area contributed by atoms with Gasteiger partial charge in [0, 0.05) is 10.5 Å². The molecule has 0 heterocycles. The first-order chi connectivity index (χ1) is 9.65. The van der Waals surface area contributed by atoms with Crippen LogP contribution in [0.3, 0.4) is 0 Å². The van der Waals surface area contributed by atoms with Gasteiger partial charge in [-0.1, -0.05) is 22.9 Å². The highest BCUT2D eigenvalue weighted by Gasteiger charge is 2.47. The maximum absolute atomic E-state index is 13.5. The minimum absolute atomic E-state index is 0.141. The smallest absolute Gasteiger partial charge is 0.124 e. The Morgan fingerprint density at radius 1 is 1.25 bits per heavy atom. The second-order valence-corrected chi connectivity index (χ2v) is 7.45. The van der Waals surface area contributed by atoms with E-state index in [0.29, 0.717) is 6.04 Å². The molecular weight excluding hydrogens is 317 g/mol. The Bertz CT molecular complexity index is 446. The summed E-state index contributed by atoms with van der Waals surface area (Å²) >= 11 is 3.40. The largest absolute Gasteiger partial charge is 0.313 e. The molecule has 0 aromatic heterocycles. The highest BCUT2D eigenvalue weighted by atomic mass is 79.9. The molecule has 2 aliphatic carbocycles. The van der Waals surface area contributed by atoms with Gasteiger partial charge in [0.15, 0.2) is 0 Å². The average Bonchev–Trinajstić information content (AvgIpc) is 3.00.